The van der Waals surface area contributed by atoms with Gasteiger partial charge in [0.05, 0.1) is 23.7 Å². The van der Waals surface area contributed by atoms with Crippen molar-refractivity contribution >= 4 is 23.1 Å². The van der Waals surface area contributed by atoms with E-state index in [-0.39, 0.29) is 28.2 Å². The number of aromatic nitrogens is 3. The number of hydrogen-bond donors (Lipinski definition) is 1. The first-order chi connectivity index (χ1) is 15.0. The Morgan fingerprint density at radius 1 is 1.10 bits per heavy atom. The quantitative estimate of drug-likeness (QED) is 0.519. The average molecular weight is 421 g/mol. The maximum absolute atomic E-state index is 14.5. The summed E-state index contributed by atoms with van der Waals surface area (Å²) in [5.74, 6) is -1.66. The highest BCUT2D eigenvalue weighted by Gasteiger charge is 2.18. The van der Waals surface area contributed by atoms with Gasteiger partial charge in [0, 0.05) is 11.8 Å². The Morgan fingerprint density at radius 3 is 2.58 bits per heavy atom. The van der Waals surface area contributed by atoms with Crippen LogP contribution in [-0.2, 0) is 0 Å². The Hall–Kier alpha value is -4.07. The molecule has 1 N–H and O–H groups in total. The first kappa shape index (κ1) is 20.2. The van der Waals surface area contributed by atoms with Crippen molar-refractivity contribution in [1.82, 2.24) is 14.5 Å². The molecule has 0 atom stereocenters. The summed E-state index contributed by atoms with van der Waals surface area (Å²) in [7, 11) is 0. The van der Waals surface area contributed by atoms with E-state index in [1.807, 2.05) is 0 Å². The molecule has 0 aliphatic heterocycles. The Balaban J connectivity index is 1.95. The molecular formula is C23H17F2N3O3. The predicted octanol–water partition coefficient (Wildman–Crippen LogP) is 4.33. The Bertz CT molecular complexity index is 1350. The number of fused-ring (bicyclic) bond motifs is 1. The predicted molar refractivity (Wildman–Crippen MR) is 113 cm³/mol. The van der Waals surface area contributed by atoms with Gasteiger partial charge in [-0.1, -0.05) is 18.2 Å². The minimum absolute atomic E-state index is 0.0317. The number of hydrogen-bond acceptors (Lipinski definition) is 5. The van der Waals surface area contributed by atoms with Crippen molar-refractivity contribution in [2.45, 2.75) is 6.92 Å². The average Bonchev–Trinajstić information content (AvgIpc) is 2.76. The van der Waals surface area contributed by atoms with Crippen molar-refractivity contribution in [3.05, 3.63) is 88.2 Å². The first-order valence-electron chi connectivity index (χ1n) is 9.45. The van der Waals surface area contributed by atoms with Crippen LogP contribution in [0.25, 0.3) is 28.7 Å². The van der Waals surface area contributed by atoms with Crippen LogP contribution in [0.1, 0.15) is 18.3 Å². The molecule has 0 saturated carbocycles. The van der Waals surface area contributed by atoms with Crippen LogP contribution >= 0.6 is 0 Å². The van der Waals surface area contributed by atoms with Crippen molar-refractivity contribution in [2.75, 3.05) is 6.61 Å². The zero-order valence-electron chi connectivity index (χ0n) is 16.4. The van der Waals surface area contributed by atoms with Crippen molar-refractivity contribution < 1.29 is 18.6 Å². The molecule has 31 heavy (non-hydrogen) atoms. The van der Waals surface area contributed by atoms with Gasteiger partial charge >= 0.3 is 0 Å². The standard InChI is InChI=1S/C23H17F2N3O3/c1-2-31-19-8-3-5-14(22(19)29)9-10-20-27-18-13-26-12-11-15(18)23(30)28(20)21-16(24)6-4-7-17(21)25/h3-13,29H,2H2,1H3/b10-9+. The fourth-order valence-corrected chi connectivity index (χ4v) is 3.19. The number of ether oxygens (including phenoxy) is 1. The molecule has 2 heterocycles. The third kappa shape index (κ3) is 3.75. The van der Waals surface area contributed by atoms with Gasteiger partial charge in [-0.3, -0.25) is 14.3 Å². The minimum Gasteiger partial charge on any atom is -0.504 e. The van der Waals surface area contributed by atoms with Gasteiger partial charge in [-0.05, 0) is 43.3 Å². The monoisotopic (exact) mass is 421 g/mol. The summed E-state index contributed by atoms with van der Waals surface area (Å²) in [6.07, 6.45) is 5.67. The normalized spacial score (nSPS) is 11.3. The molecule has 0 unspecified atom stereocenters. The lowest BCUT2D eigenvalue weighted by Gasteiger charge is -2.13. The van der Waals surface area contributed by atoms with Crippen LogP contribution in [0.2, 0.25) is 0 Å². The minimum atomic E-state index is -0.909. The van der Waals surface area contributed by atoms with Gasteiger partial charge in [0.25, 0.3) is 5.56 Å². The molecule has 2 aromatic heterocycles. The van der Waals surface area contributed by atoms with Crippen LogP contribution in [0, 0.1) is 11.6 Å². The van der Waals surface area contributed by atoms with E-state index in [0.717, 1.165) is 16.7 Å². The van der Waals surface area contributed by atoms with Crippen molar-refractivity contribution in [1.29, 1.82) is 0 Å². The van der Waals surface area contributed by atoms with Crippen LogP contribution in [-0.4, -0.2) is 26.2 Å². The van der Waals surface area contributed by atoms with Crippen molar-refractivity contribution in [3.63, 3.8) is 0 Å². The number of halogens is 2. The molecule has 0 amide bonds. The van der Waals surface area contributed by atoms with Gasteiger partial charge in [-0.15, -0.1) is 0 Å². The fourth-order valence-electron chi connectivity index (χ4n) is 3.19. The zero-order valence-corrected chi connectivity index (χ0v) is 16.4. The molecule has 0 bridgehead atoms. The van der Waals surface area contributed by atoms with E-state index in [1.165, 1.54) is 36.7 Å². The zero-order chi connectivity index (χ0) is 22.0. The molecule has 2 aromatic carbocycles. The molecule has 0 spiro atoms. The summed E-state index contributed by atoms with van der Waals surface area (Å²) in [6.45, 7) is 2.16. The number of para-hydroxylation sites is 2. The Labute approximate surface area is 175 Å². The second-order valence-corrected chi connectivity index (χ2v) is 6.53. The van der Waals surface area contributed by atoms with Gasteiger partial charge in [0.1, 0.15) is 23.1 Å². The number of pyridine rings is 1. The molecule has 0 aliphatic rings. The number of benzene rings is 2. The molecule has 6 nitrogen and oxygen atoms in total. The van der Waals surface area contributed by atoms with E-state index in [0.29, 0.717) is 12.2 Å². The molecular weight excluding hydrogens is 404 g/mol. The van der Waals surface area contributed by atoms with Crippen LogP contribution in [0.4, 0.5) is 8.78 Å². The first-order valence-corrected chi connectivity index (χ1v) is 9.45. The summed E-state index contributed by atoms with van der Waals surface area (Å²) < 4.78 is 35.3. The maximum Gasteiger partial charge on any atom is 0.266 e. The maximum atomic E-state index is 14.5. The third-order valence-electron chi connectivity index (χ3n) is 4.60. The van der Waals surface area contributed by atoms with E-state index in [4.69, 9.17) is 4.74 Å². The lowest BCUT2D eigenvalue weighted by molar-refractivity contribution is 0.318. The molecule has 4 rings (SSSR count). The van der Waals surface area contributed by atoms with Gasteiger partial charge in [-0.2, -0.15) is 0 Å². The number of rotatable bonds is 5. The van der Waals surface area contributed by atoms with Crippen LogP contribution in [0.5, 0.6) is 11.5 Å². The molecule has 156 valence electrons. The lowest BCUT2D eigenvalue weighted by Crippen LogP contribution is -2.24. The van der Waals surface area contributed by atoms with E-state index < -0.39 is 22.9 Å². The van der Waals surface area contributed by atoms with Crippen molar-refractivity contribution in [2.24, 2.45) is 0 Å². The highest BCUT2D eigenvalue weighted by molar-refractivity contribution is 5.80. The molecule has 0 saturated heterocycles. The number of phenols is 1. The SMILES string of the molecule is CCOc1cccc(/C=C/c2nc3cnccc3c(=O)n2-c2c(F)cccc2F)c1O. The third-order valence-corrected chi connectivity index (χ3v) is 4.60. The van der Waals surface area contributed by atoms with Crippen LogP contribution in [0.3, 0.4) is 0 Å². The Kier molecular flexibility index (Phi) is 5.44. The molecule has 0 radical (unpaired) electrons. The largest absolute Gasteiger partial charge is 0.504 e. The van der Waals surface area contributed by atoms with Crippen LogP contribution < -0.4 is 10.3 Å². The topological polar surface area (TPSA) is 77.2 Å². The lowest BCUT2D eigenvalue weighted by atomic mass is 10.1. The molecule has 0 aliphatic carbocycles. The number of phenolic OH excluding ortho intramolecular Hbond substituents is 1. The summed E-state index contributed by atoms with van der Waals surface area (Å²) in [6, 6.07) is 9.70. The second kappa shape index (κ2) is 8.35. The Morgan fingerprint density at radius 2 is 1.84 bits per heavy atom. The second-order valence-electron chi connectivity index (χ2n) is 6.53. The summed E-state index contributed by atoms with van der Waals surface area (Å²) in [4.78, 5) is 21.5. The van der Waals surface area contributed by atoms with E-state index in [9.17, 15) is 18.7 Å². The van der Waals surface area contributed by atoms with E-state index in [2.05, 4.69) is 9.97 Å². The fraction of sp³-hybridized carbons (Fsp3) is 0.0870. The van der Waals surface area contributed by atoms with Crippen molar-refractivity contribution in [3.8, 4) is 17.2 Å². The molecule has 0 fully saturated rings. The number of aromatic hydroxyl groups is 1. The van der Waals surface area contributed by atoms with Gasteiger partial charge in [-0.25, -0.2) is 13.8 Å². The molecule has 4 aromatic rings. The summed E-state index contributed by atoms with van der Waals surface area (Å²) in [5.41, 5.74) is -0.534. The number of nitrogens with zero attached hydrogens (tertiary/aromatic N) is 3. The summed E-state index contributed by atoms with van der Waals surface area (Å²) in [5, 5.41) is 10.6. The van der Waals surface area contributed by atoms with E-state index in [1.54, 1.807) is 25.1 Å². The highest BCUT2D eigenvalue weighted by atomic mass is 19.1. The molecule has 8 heteroatoms. The van der Waals surface area contributed by atoms with Gasteiger partial charge < -0.3 is 9.84 Å². The van der Waals surface area contributed by atoms with Gasteiger partial charge in [0.2, 0.25) is 0 Å². The summed E-state index contributed by atoms with van der Waals surface area (Å²) >= 11 is 0. The highest BCUT2D eigenvalue weighted by Crippen LogP contribution is 2.31. The van der Waals surface area contributed by atoms with E-state index >= 15 is 0 Å². The van der Waals surface area contributed by atoms with Gasteiger partial charge in [0.15, 0.2) is 11.5 Å². The smallest absolute Gasteiger partial charge is 0.266 e. The van der Waals surface area contributed by atoms with Crippen LogP contribution in [0.15, 0.2) is 59.7 Å².